The number of carbonyl (C=O) groups is 4. The van der Waals surface area contributed by atoms with Crippen LogP contribution in [0, 0.1) is 5.92 Å². The second-order valence-electron chi connectivity index (χ2n) is 7.70. The summed E-state index contributed by atoms with van der Waals surface area (Å²) in [7, 11) is -4.77. The van der Waals surface area contributed by atoms with E-state index in [0.29, 0.717) is 0 Å². The van der Waals surface area contributed by atoms with Gasteiger partial charge < -0.3 is 10.1 Å². The van der Waals surface area contributed by atoms with Crippen LogP contribution in [-0.4, -0.2) is 55.4 Å². The summed E-state index contributed by atoms with van der Waals surface area (Å²) in [4.78, 5) is 50.5. The minimum absolute atomic E-state index is 0.0787. The molecule has 1 aliphatic heterocycles. The maximum absolute atomic E-state index is 12.7. The smallest absolute Gasteiger partial charge is 0.341 e. The second-order valence-corrected chi connectivity index (χ2v) is 9.62. The Morgan fingerprint density at radius 3 is 1.97 bits per heavy atom. The monoisotopic (exact) mass is 494 g/mol. The number of nitrogens with one attached hydrogen (secondary N) is 1. The number of ether oxygens (including phenoxy) is 1. The third kappa shape index (κ3) is 4.81. The zero-order chi connectivity index (χ0) is 25.2. The lowest BCUT2D eigenvalue weighted by Gasteiger charge is -2.27. The highest BCUT2D eigenvalue weighted by Crippen LogP contribution is 2.27. The van der Waals surface area contributed by atoms with E-state index in [4.69, 9.17) is 4.74 Å². The Labute approximate surface area is 193 Å². The Morgan fingerprint density at radius 2 is 1.50 bits per heavy atom. The lowest BCUT2D eigenvalue weighted by Crippen LogP contribution is -2.49. The maximum Gasteiger partial charge on any atom is 0.341 e. The zero-order valence-corrected chi connectivity index (χ0v) is 18.8. The Hall–Kier alpha value is -3.67. The predicted octanol–water partition coefficient (Wildman–Crippen LogP) is 2.49. The number of imide groups is 1. The van der Waals surface area contributed by atoms with Gasteiger partial charge in [-0.05, 0) is 42.3 Å². The van der Waals surface area contributed by atoms with Crippen LogP contribution >= 0.6 is 0 Å². The second kappa shape index (κ2) is 9.67. The minimum atomic E-state index is -4.77. The van der Waals surface area contributed by atoms with Crippen LogP contribution in [0.15, 0.2) is 53.4 Å². The molecule has 0 fully saturated rings. The number of sulfone groups is 1. The number of benzene rings is 2. The topological polar surface area (TPSA) is 127 Å². The molecular weight excluding hydrogens is 474 g/mol. The van der Waals surface area contributed by atoms with E-state index in [1.807, 2.05) is 0 Å². The van der Waals surface area contributed by atoms with E-state index < -0.39 is 62.7 Å². The van der Waals surface area contributed by atoms with Crippen molar-refractivity contribution in [2.75, 3.05) is 11.9 Å². The maximum atomic E-state index is 12.7. The summed E-state index contributed by atoms with van der Waals surface area (Å²) in [6.45, 7) is 2.47. The summed E-state index contributed by atoms with van der Waals surface area (Å²) in [5, 5.41) is 2.33. The van der Waals surface area contributed by atoms with Crippen molar-refractivity contribution < 1.29 is 41.1 Å². The van der Waals surface area contributed by atoms with Crippen LogP contribution in [0.3, 0.4) is 0 Å². The van der Waals surface area contributed by atoms with Gasteiger partial charge >= 0.3 is 11.7 Å². The van der Waals surface area contributed by atoms with Gasteiger partial charge in [-0.15, -0.1) is 0 Å². The first kappa shape index (κ1) is 25.0. The fourth-order valence-corrected chi connectivity index (χ4v) is 4.11. The van der Waals surface area contributed by atoms with E-state index in [1.54, 1.807) is 26.0 Å². The molecule has 0 saturated heterocycles. The molecule has 0 saturated carbocycles. The Morgan fingerprint density at radius 1 is 0.971 bits per heavy atom. The summed E-state index contributed by atoms with van der Waals surface area (Å²) in [6.07, 6.45) is 0. The summed E-state index contributed by atoms with van der Waals surface area (Å²) in [5.41, 5.74) is 0.414. The average Bonchev–Trinajstić information content (AvgIpc) is 3.03. The van der Waals surface area contributed by atoms with Crippen molar-refractivity contribution >= 4 is 39.2 Å². The summed E-state index contributed by atoms with van der Waals surface area (Å²) in [6, 6.07) is 8.88. The van der Waals surface area contributed by atoms with Gasteiger partial charge in [0.1, 0.15) is 6.04 Å². The molecule has 0 spiro atoms. The molecule has 2 aromatic carbocycles. The van der Waals surface area contributed by atoms with E-state index in [1.165, 1.54) is 12.1 Å². The lowest BCUT2D eigenvalue weighted by atomic mass is 10.0. The molecule has 180 valence electrons. The van der Waals surface area contributed by atoms with Gasteiger partial charge in [-0.1, -0.05) is 26.0 Å². The van der Waals surface area contributed by atoms with Gasteiger partial charge in [-0.3, -0.25) is 19.3 Å². The van der Waals surface area contributed by atoms with Crippen LogP contribution in [0.2, 0.25) is 0 Å². The number of nitrogens with zero attached hydrogens (tertiary/aromatic N) is 1. The first-order valence-electron chi connectivity index (χ1n) is 10.0. The molecule has 3 rings (SSSR count). The fourth-order valence-electron chi connectivity index (χ4n) is 3.39. The van der Waals surface area contributed by atoms with E-state index >= 15 is 0 Å². The number of halogens is 2. The molecule has 34 heavy (non-hydrogen) atoms. The SMILES string of the molecule is CC(C)[C@@H](C(=O)OCC(=O)Nc1ccc(S(=O)(=O)C(F)F)cc1)N1C(=O)c2ccccc2C1=O. The Kier molecular flexibility index (Phi) is 7.10. The molecule has 1 aliphatic rings. The largest absolute Gasteiger partial charge is 0.454 e. The normalized spacial score (nSPS) is 14.4. The number of rotatable bonds is 8. The van der Waals surface area contributed by atoms with Gasteiger partial charge in [-0.25, -0.2) is 13.2 Å². The van der Waals surface area contributed by atoms with E-state index in [9.17, 15) is 36.4 Å². The molecule has 0 radical (unpaired) electrons. The molecule has 1 heterocycles. The first-order chi connectivity index (χ1) is 15.9. The van der Waals surface area contributed by atoms with Gasteiger partial charge in [-0.2, -0.15) is 8.78 Å². The van der Waals surface area contributed by atoms with Gasteiger partial charge in [0.05, 0.1) is 16.0 Å². The predicted molar refractivity (Wildman–Crippen MR) is 115 cm³/mol. The zero-order valence-electron chi connectivity index (χ0n) is 18.0. The van der Waals surface area contributed by atoms with Gasteiger partial charge in [0.15, 0.2) is 6.61 Å². The number of fused-ring (bicyclic) bond motifs is 1. The van der Waals surface area contributed by atoms with Crippen LogP contribution in [0.5, 0.6) is 0 Å². The highest BCUT2D eigenvalue weighted by Gasteiger charge is 2.44. The number of alkyl halides is 2. The quantitative estimate of drug-likeness (QED) is 0.441. The van der Waals surface area contributed by atoms with Gasteiger partial charge in [0, 0.05) is 5.69 Å². The number of anilines is 1. The first-order valence-corrected chi connectivity index (χ1v) is 11.5. The van der Waals surface area contributed by atoms with Crippen LogP contribution in [0.25, 0.3) is 0 Å². The van der Waals surface area contributed by atoms with Crippen molar-refractivity contribution in [1.82, 2.24) is 4.90 Å². The molecule has 1 N–H and O–H groups in total. The third-order valence-corrected chi connectivity index (χ3v) is 6.42. The number of hydrogen-bond donors (Lipinski definition) is 1. The van der Waals surface area contributed by atoms with E-state index in [0.717, 1.165) is 29.2 Å². The highest BCUT2D eigenvalue weighted by atomic mass is 32.2. The molecular formula is C22H20F2N2O7S. The van der Waals surface area contributed by atoms with Crippen LogP contribution in [-0.2, 0) is 24.2 Å². The van der Waals surface area contributed by atoms with Gasteiger partial charge in [0.25, 0.3) is 17.7 Å². The average molecular weight is 494 g/mol. The van der Waals surface area contributed by atoms with Crippen molar-refractivity contribution in [3.8, 4) is 0 Å². The molecule has 0 aliphatic carbocycles. The molecule has 0 aromatic heterocycles. The standard InChI is InChI=1S/C22H20F2N2O7S/c1-12(2)18(26-19(28)15-5-3-4-6-16(15)20(26)29)21(30)33-11-17(27)25-13-7-9-14(10-8-13)34(31,32)22(23)24/h3-10,12,18,22H,11H2,1-2H3,(H,25,27)/t18-/m0/s1. The minimum Gasteiger partial charge on any atom is -0.454 e. The molecule has 12 heteroatoms. The van der Waals surface area contributed by atoms with Crippen LogP contribution in [0.4, 0.5) is 14.5 Å². The molecule has 1 atom stereocenters. The number of esters is 1. The Balaban J connectivity index is 1.64. The van der Waals surface area contributed by atoms with Crippen molar-refractivity contribution in [2.24, 2.45) is 5.92 Å². The van der Waals surface area contributed by atoms with Crippen LogP contribution < -0.4 is 5.32 Å². The molecule has 2 aromatic rings. The fraction of sp³-hybridized carbons (Fsp3) is 0.273. The van der Waals surface area contributed by atoms with Crippen molar-refractivity contribution in [2.45, 2.75) is 30.5 Å². The van der Waals surface area contributed by atoms with Crippen molar-refractivity contribution in [3.63, 3.8) is 0 Å². The summed E-state index contributed by atoms with van der Waals surface area (Å²) in [5.74, 6) is -7.13. The lowest BCUT2D eigenvalue weighted by molar-refractivity contribution is -0.152. The highest BCUT2D eigenvalue weighted by molar-refractivity contribution is 7.91. The number of amides is 3. The summed E-state index contributed by atoms with van der Waals surface area (Å²) >= 11 is 0. The third-order valence-electron chi connectivity index (χ3n) is 5.02. The molecule has 9 nitrogen and oxygen atoms in total. The molecule has 3 amide bonds. The van der Waals surface area contributed by atoms with Crippen LogP contribution in [0.1, 0.15) is 34.6 Å². The van der Waals surface area contributed by atoms with Crippen molar-refractivity contribution in [3.05, 3.63) is 59.7 Å². The van der Waals surface area contributed by atoms with E-state index in [-0.39, 0.29) is 16.8 Å². The number of carbonyl (C=O) groups excluding carboxylic acids is 4. The molecule has 0 unspecified atom stereocenters. The van der Waals surface area contributed by atoms with Gasteiger partial charge in [0.2, 0.25) is 9.84 Å². The Bertz CT molecular complexity index is 1210. The van der Waals surface area contributed by atoms with Crippen molar-refractivity contribution in [1.29, 1.82) is 0 Å². The molecule has 0 bridgehead atoms. The number of hydrogen-bond acceptors (Lipinski definition) is 7. The summed E-state index contributed by atoms with van der Waals surface area (Å²) < 4.78 is 53.1. The van der Waals surface area contributed by atoms with E-state index in [2.05, 4.69) is 5.32 Å².